The maximum absolute atomic E-state index is 12.7. The van der Waals surface area contributed by atoms with Crippen LogP contribution in [0, 0.1) is 0 Å². The normalized spacial score (nSPS) is 17.3. The van der Waals surface area contributed by atoms with E-state index in [9.17, 15) is 4.79 Å². The Labute approximate surface area is 115 Å². The number of rotatable bonds is 3. The highest BCUT2D eigenvalue weighted by Crippen LogP contribution is 2.41. The van der Waals surface area contributed by atoms with Crippen molar-refractivity contribution >= 4 is 17.5 Å². The molecule has 0 spiro atoms. The molecule has 0 fully saturated rings. The van der Waals surface area contributed by atoms with Crippen LogP contribution in [0.4, 0.5) is 0 Å². The molecule has 0 bridgehead atoms. The highest BCUT2D eigenvalue weighted by atomic mass is 32.2. The summed E-state index contributed by atoms with van der Waals surface area (Å²) in [5, 5.41) is 4.10. The number of Topliss-reactive ketones (excluding diaryl/α,β-unsaturated/α-hetero) is 1. The number of carbonyl (C=O) groups excluding carboxylic acids is 1. The van der Waals surface area contributed by atoms with E-state index < -0.39 is 0 Å². The van der Waals surface area contributed by atoms with E-state index in [1.165, 1.54) is 4.90 Å². The monoisotopic (exact) mass is 274 g/mol. The summed E-state index contributed by atoms with van der Waals surface area (Å²) in [6.07, 6.45) is 1.58. The van der Waals surface area contributed by atoms with Crippen molar-refractivity contribution in [3.05, 3.63) is 41.7 Å². The Balaban J connectivity index is 2.00. The van der Waals surface area contributed by atoms with E-state index in [0.29, 0.717) is 11.4 Å². The Morgan fingerprint density at radius 3 is 3.05 bits per heavy atom. The van der Waals surface area contributed by atoms with Crippen molar-refractivity contribution in [1.29, 1.82) is 0 Å². The number of ether oxygens (including phenoxy) is 1. The highest BCUT2D eigenvalue weighted by Gasteiger charge is 2.33. The van der Waals surface area contributed by atoms with Crippen LogP contribution in [-0.2, 0) is 7.05 Å². The quantitative estimate of drug-likeness (QED) is 0.807. The molecule has 1 unspecified atom stereocenters. The lowest BCUT2D eigenvalue weighted by Gasteiger charge is -2.11. The second-order valence-electron chi connectivity index (χ2n) is 4.45. The molecule has 5 heteroatoms. The fourth-order valence-electron chi connectivity index (χ4n) is 2.39. The van der Waals surface area contributed by atoms with Gasteiger partial charge in [0.2, 0.25) is 0 Å². The maximum Gasteiger partial charge on any atom is 0.192 e. The number of aryl methyl sites for hydroxylation is 1. The number of hydrogen-bond donors (Lipinski definition) is 0. The predicted molar refractivity (Wildman–Crippen MR) is 74.0 cm³/mol. The highest BCUT2D eigenvalue weighted by molar-refractivity contribution is 7.99. The molecule has 0 radical (unpaired) electrons. The molecule has 3 rings (SSSR count). The molecule has 19 heavy (non-hydrogen) atoms. The first-order chi connectivity index (χ1) is 9.22. The summed E-state index contributed by atoms with van der Waals surface area (Å²) in [6, 6.07) is 8.07. The molecule has 0 saturated heterocycles. The van der Waals surface area contributed by atoms with E-state index >= 15 is 0 Å². The fourth-order valence-corrected chi connectivity index (χ4v) is 3.62. The molecule has 4 nitrogen and oxygen atoms in total. The molecular formula is C14H14N2O2S. The molecule has 2 heterocycles. The minimum absolute atomic E-state index is 0.0781. The SMILES string of the molecule is COc1cnn(C)c1C(=O)C1CSc2ccccc21. The van der Waals surface area contributed by atoms with E-state index in [2.05, 4.69) is 11.2 Å². The first-order valence-corrected chi connectivity index (χ1v) is 7.03. The Bertz CT molecular complexity index is 636. The third-order valence-corrected chi connectivity index (χ3v) is 4.56. The molecular weight excluding hydrogens is 260 g/mol. The van der Waals surface area contributed by atoms with Gasteiger partial charge in [0, 0.05) is 17.7 Å². The van der Waals surface area contributed by atoms with Crippen LogP contribution in [0.5, 0.6) is 5.75 Å². The summed E-state index contributed by atoms with van der Waals surface area (Å²) in [7, 11) is 3.33. The molecule has 98 valence electrons. The molecule has 0 amide bonds. The van der Waals surface area contributed by atoms with Gasteiger partial charge in [-0.25, -0.2) is 0 Å². The first-order valence-electron chi connectivity index (χ1n) is 6.04. The van der Waals surface area contributed by atoms with Gasteiger partial charge in [0.25, 0.3) is 0 Å². The van der Waals surface area contributed by atoms with E-state index in [1.807, 2.05) is 18.2 Å². The summed E-state index contributed by atoms with van der Waals surface area (Å²) >= 11 is 1.73. The van der Waals surface area contributed by atoms with Crippen LogP contribution < -0.4 is 4.74 Å². The van der Waals surface area contributed by atoms with Crippen molar-refractivity contribution in [2.45, 2.75) is 10.8 Å². The molecule has 0 aliphatic carbocycles. The van der Waals surface area contributed by atoms with Gasteiger partial charge in [0.15, 0.2) is 11.5 Å². The molecule has 0 saturated carbocycles. The van der Waals surface area contributed by atoms with Crippen LogP contribution in [0.25, 0.3) is 0 Å². The molecule has 1 aromatic carbocycles. The van der Waals surface area contributed by atoms with Crippen LogP contribution in [0.15, 0.2) is 35.4 Å². The number of aromatic nitrogens is 2. The number of benzene rings is 1. The Kier molecular flexibility index (Phi) is 3.06. The van der Waals surface area contributed by atoms with Gasteiger partial charge < -0.3 is 4.74 Å². The van der Waals surface area contributed by atoms with Crippen molar-refractivity contribution < 1.29 is 9.53 Å². The molecule has 1 aromatic heterocycles. The Morgan fingerprint density at radius 2 is 2.26 bits per heavy atom. The number of hydrogen-bond acceptors (Lipinski definition) is 4. The van der Waals surface area contributed by atoms with Crippen molar-refractivity contribution in [2.24, 2.45) is 7.05 Å². The van der Waals surface area contributed by atoms with E-state index in [4.69, 9.17) is 4.74 Å². The molecule has 1 aliphatic heterocycles. The van der Waals surface area contributed by atoms with E-state index in [1.54, 1.807) is 36.8 Å². The molecule has 1 atom stereocenters. The zero-order valence-corrected chi connectivity index (χ0v) is 11.6. The molecule has 2 aromatic rings. The first kappa shape index (κ1) is 12.3. The van der Waals surface area contributed by atoms with Gasteiger partial charge in [-0.15, -0.1) is 11.8 Å². The Morgan fingerprint density at radius 1 is 1.47 bits per heavy atom. The van der Waals surface area contributed by atoms with E-state index in [0.717, 1.165) is 11.3 Å². The van der Waals surface area contributed by atoms with Crippen molar-refractivity contribution in [3.63, 3.8) is 0 Å². The summed E-state index contributed by atoms with van der Waals surface area (Å²) in [6.45, 7) is 0. The van der Waals surface area contributed by atoms with Gasteiger partial charge in [-0.1, -0.05) is 18.2 Å². The van der Waals surface area contributed by atoms with Crippen LogP contribution in [-0.4, -0.2) is 28.4 Å². The number of ketones is 1. The van der Waals surface area contributed by atoms with Gasteiger partial charge >= 0.3 is 0 Å². The minimum atomic E-state index is -0.106. The number of thioether (sulfide) groups is 1. The van der Waals surface area contributed by atoms with Crippen molar-refractivity contribution in [2.75, 3.05) is 12.9 Å². The molecule has 1 aliphatic rings. The van der Waals surface area contributed by atoms with Crippen LogP contribution in [0.2, 0.25) is 0 Å². The zero-order valence-electron chi connectivity index (χ0n) is 10.8. The topological polar surface area (TPSA) is 44.1 Å². The maximum atomic E-state index is 12.7. The number of carbonyl (C=O) groups is 1. The second kappa shape index (κ2) is 4.74. The lowest BCUT2D eigenvalue weighted by atomic mass is 9.95. The van der Waals surface area contributed by atoms with Crippen molar-refractivity contribution in [1.82, 2.24) is 9.78 Å². The summed E-state index contributed by atoms with van der Waals surface area (Å²) < 4.78 is 6.81. The lowest BCUT2D eigenvalue weighted by Crippen LogP contribution is -2.17. The zero-order chi connectivity index (χ0) is 13.4. The third kappa shape index (κ3) is 1.94. The van der Waals surface area contributed by atoms with Gasteiger partial charge in [-0.05, 0) is 11.6 Å². The van der Waals surface area contributed by atoms with Crippen LogP contribution >= 0.6 is 11.8 Å². The summed E-state index contributed by atoms with van der Waals surface area (Å²) in [5.74, 6) is 1.30. The number of nitrogens with zero attached hydrogens (tertiary/aromatic N) is 2. The standard InChI is InChI=1S/C14H14N2O2S/c1-16-13(11(18-2)7-15-16)14(17)10-8-19-12-6-4-3-5-9(10)12/h3-7,10H,8H2,1-2H3. The summed E-state index contributed by atoms with van der Waals surface area (Å²) in [5.41, 5.74) is 1.66. The Hall–Kier alpha value is -1.75. The number of fused-ring (bicyclic) bond motifs is 1. The lowest BCUT2D eigenvalue weighted by molar-refractivity contribution is 0.0956. The average Bonchev–Trinajstić information content (AvgIpc) is 3.01. The minimum Gasteiger partial charge on any atom is -0.493 e. The second-order valence-corrected chi connectivity index (χ2v) is 5.51. The van der Waals surface area contributed by atoms with Gasteiger partial charge in [0.1, 0.15) is 5.69 Å². The average molecular weight is 274 g/mol. The summed E-state index contributed by atoms with van der Waals surface area (Å²) in [4.78, 5) is 13.9. The van der Waals surface area contributed by atoms with Crippen LogP contribution in [0.1, 0.15) is 22.0 Å². The molecule has 0 N–H and O–H groups in total. The van der Waals surface area contributed by atoms with Gasteiger partial charge in [-0.3, -0.25) is 9.48 Å². The van der Waals surface area contributed by atoms with Gasteiger partial charge in [-0.2, -0.15) is 5.10 Å². The predicted octanol–water partition coefficient (Wildman–Crippen LogP) is 2.50. The van der Waals surface area contributed by atoms with Crippen molar-refractivity contribution in [3.8, 4) is 5.75 Å². The number of methoxy groups -OCH3 is 1. The smallest absolute Gasteiger partial charge is 0.192 e. The van der Waals surface area contributed by atoms with Crippen LogP contribution in [0.3, 0.4) is 0 Å². The third-order valence-electron chi connectivity index (χ3n) is 3.37. The largest absolute Gasteiger partial charge is 0.493 e. The fraction of sp³-hybridized carbons (Fsp3) is 0.286. The van der Waals surface area contributed by atoms with E-state index in [-0.39, 0.29) is 11.7 Å². The van der Waals surface area contributed by atoms with Gasteiger partial charge in [0.05, 0.1) is 19.2 Å².